The summed E-state index contributed by atoms with van der Waals surface area (Å²) in [4.78, 5) is 12.7. The Morgan fingerprint density at radius 3 is 2.53 bits per heavy atom. The van der Waals surface area contributed by atoms with Gasteiger partial charge < -0.3 is 10.0 Å². The lowest BCUT2D eigenvalue weighted by molar-refractivity contribution is -0.384. The van der Waals surface area contributed by atoms with Gasteiger partial charge in [0, 0.05) is 19.6 Å². The molecule has 0 fully saturated rings. The highest BCUT2D eigenvalue weighted by Crippen LogP contribution is 2.31. The number of nitro groups is 1. The molecule has 0 aliphatic rings. The smallest absolute Gasteiger partial charge is 0.333 e. The van der Waals surface area contributed by atoms with E-state index in [-0.39, 0.29) is 17.2 Å². The van der Waals surface area contributed by atoms with Crippen molar-refractivity contribution in [1.29, 1.82) is 0 Å². The number of anilines is 1. The Morgan fingerprint density at radius 2 is 2.05 bits per heavy atom. The van der Waals surface area contributed by atoms with Crippen molar-refractivity contribution in [1.82, 2.24) is 9.78 Å². The summed E-state index contributed by atoms with van der Waals surface area (Å²) in [5.41, 5.74) is 0.475. The molecule has 0 bridgehead atoms. The fourth-order valence-corrected chi connectivity index (χ4v) is 2.17. The molecule has 0 atom stereocenters. The van der Waals surface area contributed by atoms with Crippen LogP contribution in [-0.2, 0) is 6.54 Å². The summed E-state index contributed by atoms with van der Waals surface area (Å²) in [5, 5.41) is 24.6. The number of aryl methyl sites for hydroxylation is 2. The van der Waals surface area contributed by atoms with Gasteiger partial charge in [0.2, 0.25) is 5.82 Å². The lowest BCUT2D eigenvalue weighted by Gasteiger charge is -2.23. The zero-order valence-electron chi connectivity index (χ0n) is 11.8. The van der Waals surface area contributed by atoms with Crippen molar-refractivity contribution in [3.8, 4) is 0 Å². The predicted molar refractivity (Wildman–Crippen MR) is 73.5 cm³/mol. The van der Waals surface area contributed by atoms with Crippen molar-refractivity contribution in [3.05, 3.63) is 15.8 Å². The van der Waals surface area contributed by atoms with Crippen LogP contribution in [-0.4, -0.2) is 39.5 Å². The zero-order valence-corrected chi connectivity index (χ0v) is 11.8. The number of aliphatic hydroxyl groups is 1. The highest BCUT2D eigenvalue weighted by Gasteiger charge is 2.28. The molecule has 7 heteroatoms. The molecule has 0 aliphatic heterocycles. The number of aromatic nitrogens is 2. The van der Waals surface area contributed by atoms with Crippen LogP contribution in [0.2, 0.25) is 0 Å². The van der Waals surface area contributed by atoms with Gasteiger partial charge in [0.25, 0.3) is 0 Å². The Labute approximate surface area is 113 Å². The van der Waals surface area contributed by atoms with Gasteiger partial charge >= 0.3 is 5.69 Å². The van der Waals surface area contributed by atoms with Crippen LogP contribution in [0, 0.1) is 17.0 Å². The average molecular weight is 270 g/mol. The first-order valence-electron chi connectivity index (χ1n) is 6.64. The monoisotopic (exact) mass is 270 g/mol. The van der Waals surface area contributed by atoms with Gasteiger partial charge in [-0.2, -0.15) is 5.10 Å². The van der Waals surface area contributed by atoms with Gasteiger partial charge in [0.15, 0.2) is 0 Å². The normalized spacial score (nSPS) is 10.7. The standard InChI is InChI=1S/C12H22N4O3/c1-4-6-14(8-9-17)12-11(16(18)19)10(3)13-15(12)7-5-2/h17H,4-9H2,1-3H3. The van der Waals surface area contributed by atoms with E-state index in [4.69, 9.17) is 5.11 Å². The highest BCUT2D eigenvalue weighted by molar-refractivity contribution is 5.61. The number of hydrogen-bond acceptors (Lipinski definition) is 5. The minimum atomic E-state index is -0.385. The van der Waals surface area contributed by atoms with Gasteiger partial charge in [-0.05, 0) is 19.8 Å². The van der Waals surface area contributed by atoms with Gasteiger partial charge in [0.05, 0.1) is 11.5 Å². The largest absolute Gasteiger partial charge is 0.395 e. The molecule has 1 rings (SSSR count). The van der Waals surface area contributed by atoms with Gasteiger partial charge in [0.1, 0.15) is 5.69 Å². The van der Waals surface area contributed by atoms with Crippen LogP contribution < -0.4 is 4.90 Å². The minimum absolute atomic E-state index is 0.0342. The lowest BCUT2D eigenvalue weighted by Crippen LogP contribution is -2.30. The van der Waals surface area contributed by atoms with Crippen molar-refractivity contribution >= 4 is 11.5 Å². The molecular weight excluding hydrogens is 248 g/mol. The van der Waals surface area contributed by atoms with Crippen molar-refractivity contribution in [2.75, 3.05) is 24.6 Å². The third kappa shape index (κ3) is 3.44. The molecule has 0 unspecified atom stereocenters. The molecule has 0 amide bonds. The van der Waals surface area contributed by atoms with Crippen LogP contribution in [0.15, 0.2) is 0 Å². The molecule has 0 radical (unpaired) electrons. The molecular formula is C12H22N4O3. The lowest BCUT2D eigenvalue weighted by atomic mass is 10.3. The number of nitrogens with zero attached hydrogens (tertiary/aromatic N) is 4. The minimum Gasteiger partial charge on any atom is -0.395 e. The summed E-state index contributed by atoms with van der Waals surface area (Å²) in [6.07, 6.45) is 1.71. The number of hydrogen-bond donors (Lipinski definition) is 1. The summed E-state index contributed by atoms with van der Waals surface area (Å²) >= 11 is 0. The van der Waals surface area contributed by atoms with Crippen LogP contribution in [0.1, 0.15) is 32.4 Å². The van der Waals surface area contributed by atoms with Gasteiger partial charge in [-0.15, -0.1) is 0 Å². The molecule has 1 N–H and O–H groups in total. The maximum absolute atomic E-state index is 11.2. The van der Waals surface area contributed by atoms with E-state index < -0.39 is 0 Å². The number of rotatable bonds is 8. The molecule has 0 spiro atoms. The van der Waals surface area contributed by atoms with Gasteiger partial charge in [-0.3, -0.25) is 10.1 Å². The fraction of sp³-hybridized carbons (Fsp3) is 0.750. The van der Waals surface area contributed by atoms with E-state index in [2.05, 4.69) is 5.10 Å². The van der Waals surface area contributed by atoms with Gasteiger partial charge in [-0.1, -0.05) is 13.8 Å². The van der Waals surface area contributed by atoms with Crippen molar-refractivity contribution in [2.24, 2.45) is 0 Å². The Bertz CT molecular complexity index is 425. The molecule has 1 heterocycles. The second kappa shape index (κ2) is 7.08. The van der Waals surface area contributed by atoms with Crippen molar-refractivity contribution in [3.63, 3.8) is 0 Å². The predicted octanol–water partition coefficient (Wildman–Crippen LogP) is 1.72. The molecule has 1 aromatic heterocycles. The van der Waals surface area contributed by atoms with Crippen LogP contribution >= 0.6 is 0 Å². The van der Waals surface area contributed by atoms with E-state index in [1.54, 1.807) is 11.6 Å². The summed E-state index contributed by atoms with van der Waals surface area (Å²) in [6.45, 7) is 7.30. The van der Waals surface area contributed by atoms with Crippen LogP contribution in [0.4, 0.5) is 11.5 Å². The average Bonchev–Trinajstić information content (AvgIpc) is 2.66. The summed E-state index contributed by atoms with van der Waals surface area (Å²) in [7, 11) is 0. The number of aliphatic hydroxyl groups excluding tert-OH is 1. The quantitative estimate of drug-likeness (QED) is 0.574. The summed E-state index contributed by atoms with van der Waals surface area (Å²) in [5.74, 6) is 0.514. The van der Waals surface area contributed by atoms with Crippen LogP contribution in [0.5, 0.6) is 0 Å². The summed E-state index contributed by atoms with van der Waals surface area (Å²) in [6, 6.07) is 0. The van der Waals surface area contributed by atoms with E-state index in [9.17, 15) is 10.1 Å². The van der Waals surface area contributed by atoms with Crippen molar-refractivity contribution in [2.45, 2.75) is 40.2 Å². The molecule has 0 aliphatic carbocycles. The maximum Gasteiger partial charge on any atom is 0.333 e. The summed E-state index contributed by atoms with van der Waals surface area (Å²) < 4.78 is 1.68. The van der Waals surface area contributed by atoms with E-state index in [1.165, 1.54) is 0 Å². The first-order valence-corrected chi connectivity index (χ1v) is 6.64. The van der Waals surface area contributed by atoms with E-state index in [1.807, 2.05) is 18.7 Å². The SMILES string of the molecule is CCCN(CCO)c1c([N+](=O)[O-])c(C)nn1CCC. The van der Waals surface area contributed by atoms with Gasteiger partial charge in [-0.25, -0.2) is 4.68 Å². The topological polar surface area (TPSA) is 84.4 Å². The second-order valence-corrected chi connectivity index (χ2v) is 4.45. The molecule has 1 aromatic rings. The third-order valence-corrected chi connectivity index (χ3v) is 2.85. The second-order valence-electron chi connectivity index (χ2n) is 4.45. The van der Waals surface area contributed by atoms with E-state index in [0.717, 1.165) is 12.8 Å². The fourth-order valence-electron chi connectivity index (χ4n) is 2.17. The Hall–Kier alpha value is -1.63. The molecule has 108 valence electrons. The first-order chi connectivity index (χ1) is 9.06. The Morgan fingerprint density at radius 1 is 1.37 bits per heavy atom. The zero-order chi connectivity index (χ0) is 14.4. The first kappa shape index (κ1) is 15.4. The molecule has 19 heavy (non-hydrogen) atoms. The molecule has 7 nitrogen and oxygen atoms in total. The van der Waals surface area contributed by atoms with E-state index >= 15 is 0 Å². The Balaban J connectivity index is 3.28. The van der Waals surface area contributed by atoms with Crippen molar-refractivity contribution < 1.29 is 10.0 Å². The molecule has 0 saturated heterocycles. The van der Waals surface area contributed by atoms with Crippen LogP contribution in [0.3, 0.4) is 0 Å². The molecule has 0 aromatic carbocycles. The molecule has 0 saturated carbocycles. The van der Waals surface area contributed by atoms with Crippen LogP contribution in [0.25, 0.3) is 0 Å². The highest BCUT2D eigenvalue weighted by atomic mass is 16.6. The maximum atomic E-state index is 11.2. The van der Waals surface area contributed by atoms with E-state index in [0.29, 0.717) is 31.1 Å². The third-order valence-electron chi connectivity index (χ3n) is 2.85. The Kier molecular flexibility index (Phi) is 5.75.